The van der Waals surface area contributed by atoms with E-state index in [0.717, 1.165) is 6.42 Å². The molecule has 0 saturated heterocycles. The van der Waals surface area contributed by atoms with E-state index in [0.29, 0.717) is 0 Å². The average molecular weight is 200 g/mol. The van der Waals surface area contributed by atoms with Gasteiger partial charge in [-0.25, -0.2) is 0 Å². The van der Waals surface area contributed by atoms with Gasteiger partial charge in [-0.3, -0.25) is 4.79 Å². The largest absolute Gasteiger partial charge is 0.295 e. The van der Waals surface area contributed by atoms with Gasteiger partial charge >= 0.3 is 0 Å². The summed E-state index contributed by atoms with van der Waals surface area (Å²) in [5, 5.41) is 0. The predicted octanol–water partition coefficient (Wildman–Crippen LogP) is 3.17. The molecular formula is C14H16O. The lowest BCUT2D eigenvalue weighted by molar-refractivity contribution is -0.112. The lowest BCUT2D eigenvalue weighted by Crippen LogP contribution is -2.04. The van der Waals surface area contributed by atoms with Gasteiger partial charge in [0.05, 0.1) is 0 Å². The van der Waals surface area contributed by atoms with Crippen molar-refractivity contribution in [3.8, 4) is 0 Å². The zero-order valence-electron chi connectivity index (χ0n) is 9.12. The second-order valence-corrected chi connectivity index (χ2v) is 4.14. The van der Waals surface area contributed by atoms with Gasteiger partial charge in [-0.05, 0) is 55.4 Å². The summed E-state index contributed by atoms with van der Waals surface area (Å²) in [5.74, 6) is 0.114. The summed E-state index contributed by atoms with van der Waals surface area (Å²) in [7, 11) is 0. The van der Waals surface area contributed by atoms with Gasteiger partial charge in [-0.2, -0.15) is 0 Å². The Balaban J connectivity index is 2.35. The maximum Gasteiger partial charge on any atom is 0.152 e. The van der Waals surface area contributed by atoms with Crippen LogP contribution in [0.25, 0.3) is 6.08 Å². The van der Waals surface area contributed by atoms with Gasteiger partial charge in [0.1, 0.15) is 0 Å². The van der Waals surface area contributed by atoms with Crippen molar-refractivity contribution in [2.24, 2.45) is 0 Å². The Hall–Kier alpha value is -1.37. The van der Waals surface area contributed by atoms with E-state index in [-0.39, 0.29) is 5.78 Å². The Kier molecular flexibility index (Phi) is 3.00. The molecule has 0 saturated carbocycles. The SMILES string of the molecule is CC(=O)/C=C/c1cccc2c1CCCC2. The molecule has 0 amide bonds. The molecule has 0 unspecified atom stereocenters. The summed E-state index contributed by atoms with van der Waals surface area (Å²) in [6.07, 6.45) is 8.53. The fourth-order valence-corrected chi connectivity index (χ4v) is 2.17. The third kappa shape index (κ3) is 2.35. The maximum atomic E-state index is 10.9. The molecule has 0 heterocycles. The van der Waals surface area contributed by atoms with Crippen LogP contribution in [0.15, 0.2) is 24.3 Å². The number of allylic oxidation sites excluding steroid dienone is 1. The topological polar surface area (TPSA) is 17.1 Å². The molecule has 78 valence electrons. The van der Waals surface area contributed by atoms with E-state index < -0.39 is 0 Å². The molecule has 1 aliphatic rings. The van der Waals surface area contributed by atoms with Gasteiger partial charge in [-0.15, -0.1) is 0 Å². The molecule has 0 bridgehead atoms. The molecule has 0 aliphatic heterocycles. The van der Waals surface area contributed by atoms with E-state index in [1.165, 1.54) is 36.0 Å². The van der Waals surface area contributed by atoms with Crippen molar-refractivity contribution in [2.75, 3.05) is 0 Å². The number of hydrogen-bond acceptors (Lipinski definition) is 1. The van der Waals surface area contributed by atoms with Crippen molar-refractivity contribution in [1.82, 2.24) is 0 Å². The van der Waals surface area contributed by atoms with Gasteiger partial charge in [0.25, 0.3) is 0 Å². The highest BCUT2D eigenvalue weighted by atomic mass is 16.1. The summed E-state index contributed by atoms with van der Waals surface area (Å²) in [6, 6.07) is 6.40. The first-order chi connectivity index (χ1) is 7.27. The van der Waals surface area contributed by atoms with Crippen LogP contribution < -0.4 is 0 Å². The fourth-order valence-electron chi connectivity index (χ4n) is 2.17. The minimum Gasteiger partial charge on any atom is -0.295 e. The normalized spacial score (nSPS) is 15.3. The number of aryl methyl sites for hydroxylation is 1. The quantitative estimate of drug-likeness (QED) is 0.670. The van der Waals surface area contributed by atoms with Gasteiger partial charge in [-0.1, -0.05) is 24.3 Å². The van der Waals surface area contributed by atoms with Gasteiger partial charge < -0.3 is 0 Å². The van der Waals surface area contributed by atoms with Crippen LogP contribution in [0.2, 0.25) is 0 Å². The Labute approximate surface area is 90.8 Å². The molecule has 1 aromatic carbocycles. The zero-order valence-corrected chi connectivity index (χ0v) is 9.12. The smallest absolute Gasteiger partial charge is 0.152 e. The third-order valence-electron chi connectivity index (χ3n) is 2.93. The van der Waals surface area contributed by atoms with Gasteiger partial charge in [0.2, 0.25) is 0 Å². The van der Waals surface area contributed by atoms with Gasteiger partial charge in [0.15, 0.2) is 5.78 Å². The van der Waals surface area contributed by atoms with Crippen molar-refractivity contribution in [3.63, 3.8) is 0 Å². The molecular weight excluding hydrogens is 184 g/mol. The molecule has 0 N–H and O–H groups in total. The van der Waals surface area contributed by atoms with E-state index in [9.17, 15) is 4.79 Å². The maximum absolute atomic E-state index is 10.9. The van der Waals surface area contributed by atoms with Crippen LogP contribution in [0, 0.1) is 0 Å². The van der Waals surface area contributed by atoms with E-state index in [1.54, 1.807) is 13.0 Å². The van der Waals surface area contributed by atoms with Gasteiger partial charge in [0, 0.05) is 0 Å². The highest BCUT2D eigenvalue weighted by Crippen LogP contribution is 2.25. The van der Waals surface area contributed by atoms with Crippen LogP contribution in [-0.4, -0.2) is 5.78 Å². The van der Waals surface area contributed by atoms with Crippen LogP contribution in [0.4, 0.5) is 0 Å². The summed E-state index contributed by atoms with van der Waals surface area (Å²) < 4.78 is 0. The first-order valence-corrected chi connectivity index (χ1v) is 5.57. The van der Waals surface area contributed by atoms with Crippen molar-refractivity contribution >= 4 is 11.9 Å². The lowest BCUT2D eigenvalue weighted by atomic mass is 9.88. The molecule has 0 fully saturated rings. The highest BCUT2D eigenvalue weighted by Gasteiger charge is 2.10. The van der Waals surface area contributed by atoms with E-state index >= 15 is 0 Å². The predicted molar refractivity (Wildman–Crippen MR) is 62.8 cm³/mol. The Morgan fingerprint density at radius 3 is 2.87 bits per heavy atom. The van der Waals surface area contributed by atoms with E-state index in [4.69, 9.17) is 0 Å². The minimum absolute atomic E-state index is 0.114. The Bertz CT molecular complexity index is 402. The lowest BCUT2D eigenvalue weighted by Gasteiger charge is -2.17. The summed E-state index contributed by atoms with van der Waals surface area (Å²) in [6.45, 7) is 1.59. The van der Waals surface area contributed by atoms with E-state index in [1.807, 2.05) is 6.08 Å². The molecule has 0 spiro atoms. The van der Waals surface area contributed by atoms with Crippen molar-refractivity contribution < 1.29 is 4.79 Å². The van der Waals surface area contributed by atoms with Crippen LogP contribution in [0.1, 0.15) is 36.5 Å². The molecule has 15 heavy (non-hydrogen) atoms. The molecule has 2 rings (SSSR count). The number of carbonyl (C=O) groups is 1. The number of fused-ring (bicyclic) bond motifs is 1. The number of hydrogen-bond donors (Lipinski definition) is 0. The monoisotopic (exact) mass is 200 g/mol. The summed E-state index contributed by atoms with van der Waals surface area (Å²) in [5.41, 5.74) is 4.13. The second-order valence-electron chi connectivity index (χ2n) is 4.14. The number of carbonyl (C=O) groups excluding carboxylic acids is 1. The summed E-state index contributed by atoms with van der Waals surface area (Å²) in [4.78, 5) is 10.9. The van der Waals surface area contributed by atoms with Crippen molar-refractivity contribution in [3.05, 3.63) is 41.0 Å². The van der Waals surface area contributed by atoms with Crippen molar-refractivity contribution in [2.45, 2.75) is 32.6 Å². The molecule has 1 aliphatic carbocycles. The Morgan fingerprint density at radius 1 is 1.27 bits per heavy atom. The first-order valence-electron chi connectivity index (χ1n) is 5.57. The molecule has 0 atom stereocenters. The minimum atomic E-state index is 0.114. The number of rotatable bonds is 2. The van der Waals surface area contributed by atoms with Crippen LogP contribution >= 0.6 is 0 Å². The van der Waals surface area contributed by atoms with Crippen LogP contribution in [-0.2, 0) is 17.6 Å². The van der Waals surface area contributed by atoms with Crippen molar-refractivity contribution in [1.29, 1.82) is 0 Å². The molecule has 0 aromatic heterocycles. The Morgan fingerprint density at radius 2 is 2.07 bits per heavy atom. The summed E-state index contributed by atoms with van der Waals surface area (Å²) >= 11 is 0. The second kappa shape index (κ2) is 4.43. The standard InChI is InChI=1S/C14H16O/c1-11(15)9-10-13-7-4-6-12-5-2-3-8-14(12)13/h4,6-7,9-10H,2-3,5,8H2,1H3/b10-9+. The number of ketones is 1. The molecule has 1 nitrogen and oxygen atoms in total. The van der Waals surface area contributed by atoms with Crippen LogP contribution in [0.3, 0.4) is 0 Å². The zero-order chi connectivity index (χ0) is 10.7. The van der Waals surface area contributed by atoms with E-state index in [2.05, 4.69) is 18.2 Å². The van der Waals surface area contributed by atoms with Crippen LogP contribution in [0.5, 0.6) is 0 Å². The molecule has 1 aromatic rings. The molecule has 0 radical (unpaired) electrons. The first kappa shape index (κ1) is 10.2. The average Bonchev–Trinajstić information content (AvgIpc) is 2.26. The third-order valence-corrected chi connectivity index (χ3v) is 2.93. The fraction of sp³-hybridized carbons (Fsp3) is 0.357. The number of benzene rings is 1. The molecule has 1 heteroatoms. The highest BCUT2D eigenvalue weighted by molar-refractivity contribution is 5.91.